The number of ether oxygens (including phenoxy) is 1. The summed E-state index contributed by atoms with van der Waals surface area (Å²) in [5.74, 6) is 0.126. The topological polar surface area (TPSA) is 158 Å². The first-order valence-corrected chi connectivity index (χ1v) is 20.8. The van der Waals surface area contributed by atoms with Crippen molar-refractivity contribution in [2.24, 2.45) is 5.92 Å². The number of piperidine rings is 2. The van der Waals surface area contributed by atoms with Gasteiger partial charge in [0.15, 0.2) is 11.4 Å². The summed E-state index contributed by atoms with van der Waals surface area (Å²) in [6.07, 6.45) is 6.78. The van der Waals surface area contributed by atoms with Crippen molar-refractivity contribution in [2.45, 2.75) is 49.6 Å². The number of carbonyl (C=O) groups excluding carboxylic acids is 4. The van der Waals surface area contributed by atoms with Crippen molar-refractivity contribution < 1.29 is 28.4 Å². The molecular formula is C42H43N9O6S. The highest BCUT2D eigenvalue weighted by atomic mass is 32.2. The summed E-state index contributed by atoms with van der Waals surface area (Å²) in [6, 6.07) is 17.0. The fourth-order valence-electron chi connectivity index (χ4n) is 9.15. The van der Waals surface area contributed by atoms with Crippen LogP contribution < -0.4 is 24.6 Å². The summed E-state index contributed by atoms with van der Waals surface area (Å²) in [5.41, 5.74) is 5.63. The van der Waals surface area contributed by atoms with Crippen LogP contribution in [0.5, 0.6) is 5.75 Å². The normalized spacial score (nSPS) is 20.1. The Morgan fingerprint density at radius 1 is 0.879 bits per heavy atom. The van der Waals surface area contributed by atoms with Gasteiger partial charge >= 0.3 is 0 Å². The van der Waals surface area contributed by atoms with Crippen molar-refractivity contribution in [2.75, 3.05) is 66.9 Å². The maximum absolute atomic E-state index is 13.7. The molecule has 0 aliphatic carbocycles. The number of hydrogen-bond acceptors (Lipinski definition) is 13. The monoisotopic (exact) mass is 801 g/mol. The third-order valence-corrected chi connectivity index (χ3v) is 12.9. The van der Waals surface area contributed by atoms with Crippen molar-refractivity contribution in [1.29, 1.82) is 0 Å². The van der Waals surface area contributed by atoms with E-state index in [0.29, 0.717) is 41.6 Å². The lowest BCUT2D eigenvalue weighted by Crippen LogP contribution is -2.54. The molecule has 10 rings (SSSR count). The molecule has 1 unspecified atom stereocenters. The van der Waals surface area contributed by atoms with Crippen LogP contribution in [-0.2, 0) is 22.6 Å². The fraction of sp³-hybridized carbons (Fsp3) is 0.381. The Morgan fingerprint density at radius 3 is 2.53 bits per heavy atom. The van der Waals surface area contributed by atoms with Crippen LogP contribution in [0.15, 0.2) is 76.4 Å². The van der Waals surface area contributed by atoms with Crippen LogP contribution in [0.3, 0.4) is 0 Å². The number of nitrogens with one attached hydrogen (secondary N) is 2. The number of rotatable bonds is 10. The zero-order valence-electron chi connectivity index (χ0n) is 31.9. The highest BCUT2D eigenvalue weighted by Crippen LogP contribution is 2.42. The van der Waals surface area contributed by atoms with E-state index >= 15 is 0 Å². The number of nitrogens with zero attached hydrogens (tertiary/aromatic N) is 7. The Morgan fingerprint density at radius 2 is 1.72 bits per heavy atom. The van der Waals surface area contributed by atoms with Gasteiger partial charge in [0, 0.05) is 87.2 Å². The zero-order chi connectivity index (χ0) is 39.3. The lowest BCUT2D eigenvalue weighted by atomic mass is 9.94. The fourth-order valence-corrected chi connectivity index (χ4v) is 9.83. The molecule has 1 atom stereocenters. The second-order valence-corrected chi connectivity index (χ2v) is 16.5. The second-order valence-electron chi connectivity index (χ2n) is 15.6. The Hall–Kier alpha value is -5.87. The minimum Gasteiger partial charge on any atom is -0.492 e. The molecule has 0 spiro atoms. The lowest BCUT2D eigenvalue weighted by molar-refractivity contribution is -0.136. The van der Waals surface area contributed by atoms with Gasteiger partial charge in [-0.3, -0.25) is 39.0 Å². The summed E-state index contributed by atoms with van der Waals surface area (Å²) in [4.78, 5) is 60.6. The Balaban J connectivity index is 0.725. The van der Waals surface area contributed by atoms with Crippen LogP contribution in [0.2, 0.25) is 0 Å². The second kappa shape index (κ2) is 15.1. The van der Waals surface area contributed by atoms with E-state index in [2.05, 4.69) is 65.3 Å². The van der Waals surface area contributed by atoms with Crippen LogP contribution in [0, 0.1) is 5.92 Å². The molecule has 5 aliphatic heterocycles. The number of carbonyl (C=O) groups is 4. The molecule has 7 heterocycles. The molecular weight excluding hydrogens is 759 g/mol. The largest absolute Gasteiger partial charge is 0.492 e. The summed E-state index contributed by atoms with van der Waals surface area (Å²) >= 11 is 1.51. The summed E-state index contributed by atoms with van der Waals surface area (Å²) in [5, 5.41) is 11.9. The average Bonchev–Trinajstić information content (AvgIpc) is 4.06. The third-order valence-electron chi connectivity index (χ3n) is 12.1. The van der Waals surface area contributed by atoms with E-state index in [1.165, 1.54) is 23.2 Å². The van der Waals surface area contributed by atoms with Gasteiger partial charge in [-0.05, 0) is 85.2 Å². The number of anilines is 3. The zero-order valence-corrected chi connectivity index (χ0v) is 32.7. The quantitative estimate of drug-likeness (QED) is 0.150. The first-order chi connectivity index (χ1) is 28.4. The number of hydrogen-bond donors (Lipinski definition) is 2. The molecule has 16 heteroatoms. The van der Waals surface area contributed by atoms with Crippen LogP contribution >= 0.6 is 11.9 Å². The van der Waals surface area contributed by atoms with E-state index < -0.39 is 23.8 Å². The number of piperazine rings is 1. The van der Waals surface area contributed by atoms with Gasteiger partial charge < -0.3 is 23.8 Å². The predicted octanol–water partition coefficient (Wildman–Crippen LogP) is 4.57. The number of amides is 4. The molecule has 58 heavy (non-hydrogen) atoms. The molecule has 0 saturated carbocycles. The molecule has 5 aromatic rings. The molecule has 0 bridgehead atoms. The maximum atomic E-state index is 13.7. The van der Waals surface area contributed by atoms with E-state index in [0.717, 1.165) is 97.3 Å². The van der Waals surface area contributed by atoms with Gasteiger partial charge in [0.2, 0.25) is 11.8 Å². The molecule has 298 valence electrons. The smallest absolute Gasteiger partial charge is 0.264 e. The summed E-state index contributed by atoms with van der Waals surface area (Å²) in [7, 11) is 0. The summed E-state index contributed by atoms with van der Waals surface area (Å²) < 4.78 is 17.2. The Bertz CT molecular complexity index is 2420. The minimum atomic E-state index is -0.972. The third kappa shape index (κ3) is 6.73. The van der Waals surface area contributed by atoms with Gasteiger partial charge in [0.1, 0.15) is 17.2 Å². The molecule has 3 saturated heterocycles. The van der Waals surface area contributed by atoms with Crippen LogP contribution in [0.1, 0.15) is 57.5 Å². The maximum Gasteiger partial charge on any atom is 0.264 e. The standard InChI is InChI=1S/C42H43N9O6S/c52-35-9-8-33(40(53)44-35)51-41(54)31-6-2-7-32(36(31)42(51)55)49-15-10-26(11-16-49)24-47-17-19-48(20-18-47)28-4-1-5-29(23-28)58-46-39-37-34(57-45-39)22-27(25-50-14-3-13-43-50)30-12-21-56-38(30)37/h1-7,13-14,22-23,26,33H,8-12,15-21,24-25H2,(H,45,46)(H,44,52,53). The molecule has 4 amide bonds. The molecule has 0 radical (unpaired) electrons. The molecule has 5 aliphatic rings. The van der Waals surface area contributed by atoms with Crippen LogP contribution in [-0.4, -0.2) is 107 Å². The van der Waals surface area contributed by atoms with Crippen LogP contribution in [0.25, 0.3) is 11.0 Å². The van der Waals surface area contributed by atoms with Gasteiger partial charge in [0.25, 0.3) is 11.8 Å². The van der Waals surface area contributed by atoms with Crippen molar-refractivity contribution in [3.63, 3.8) is 0 Å². The molecule has 3 fully saturated rings. The van der Waals surface area contributed by atoms with E-state index in [1.807, 2.05) is 29.1 Å². The molecule has 2 N–H and O–H groups in total. The van der Waals surface area contributed by atoms with E-state index in [9.17, 15) is 19.2 Å². The molecule has 2 aromatic heterocycles. The van der Waals surface area contributed by atoms with Crippen molar-refractivity contribution >= 4 is 63.7 Å². The first-order valence-electron chi connectivity index (χ1n) is 20.0. The minimum absolute atomic E-state index is 0.0982. The van der Waals surface area contributed by atoms with Gasteiger partial charge in [-0.15, -0.1) is 0 Å². The molecule has 15 nitrogen and oxygen atoms in total. The van der Waals surface area contributed by atoms with E-state index in [-0.39, 0.29) is 18.7 Å². The highest BCUT2D eigenvalue weighted by molar-refractivity contribution is 8.00. The lowest BCUT2D eigenvalue weighted by Gasteiger charge is -2.40. The molecule has 3 aromatic carbocycles. The van der Waals surface area contributed by atoms with Gasteiger partial charge in [-0.1, -0.05) is 17.3 Å². The van der Waals surface area contributed by atoms with E-state index in [4.69, 9.17) is 9.26 Å². The number of fused-ring (bicyclic) bond motifs is 4. The van der Waals surface area contributed by atoms with Crippen molar-refractivity contribution in [3.05, 3.63) is 89.2 Å². The van der Waals surface area contributed by atoms with Gasteiger partial charge in [-0.2, -0.15) is 5.10 Å². The van der Waals surface area contributed by atoms with Gasteiger partial charge in [-0.25, -0.2) is 0 Å². The highest BCUT2D eigenvalue weighted by Gasteiger charge is 2.46. The SMILES string of the molecule is O=C1CCC(N2C(=O)c3cccc(N4CCC(CN5CCN(c6cccc(SNc7noc8cc(Cn9cccn9)c9c(c78)OCC9)c6)CC5)CC4)c3C2=O)C(=O)N1. The number of aromatic nitrogens is 3. The van der Waals surface area contributed by atoms with E-state index in [1.54, 1.807) is 12.3 Å². The Kier molecular flexibility index (Phi) is 9.52. The van der Waals surface area contributed by atoms with Crippen molar-refractivity contribution in [1.82, 2.24) is 30.1 Å². The van der Waals surface area contributed by atoms with Crippen molar-refractivity contribution in [3.8, 4) is 5.75 Å². The number of imide groups is 2. The first kappa shape index (κ1) is 36.5. The average molecular weight is 802 g/mol. The van der Waals surface area contributed by atoms with Crippen LogP contribution in [0.4, 0.5) is 17.2 Å². The van der Waals surface area contributed by atoms with Gasteiger partial charge in [0.05, 0.1) is 30.0 Å². The Labute approximate surface area is 338 Å². The summed E-state index contributed by atoms with van der Waals surface area (Å²) in [6.45, 7) is 7.71. The number of benzene rings is 3. The predicted molar refractivity (Wildman–Crippen MR) is 217 cm³/mol.